The molecule has 2 rings (SSSR count). The van der Waals surface area contributed by atoms with E-state index < -0.39 is 0 Å². The third-order valence-electron chi connectivity index (χ3n) is 2.20. The van der Waals surface area contributed by atoms with Gasteiger partial charge in [-0.25, -0.2) is 0 Å². The van der Waals surface area contributed by atoms with Gasteiger partial charge in [-0.1, -0.05) is 11.6 Å². The van der Waals surface area contributed by atoms with E-state index in [9.17, 15) is 4.79 Å². The molecule has 0 unspecified atom stereocenters. The number of aromatic nitrogens is 2. The Morgan fingerprint density at radius 2 is 2.00 bits per heavy atom. The van der Waals surface area contributed by atoms with Gasteiger partial charge in [-0.15, -0.1) is 0 Å². The number of benzene rings is 1. The fraction of sp³-hybridized carbons (Fsp3) is 0.250. The summed E-state index contributed by atoms with van der Waals surface area (Å²) < 4.78 is 5.53. The van der Waals surface area contributed by atoms with Crippen molar-refractivity contribution in [3.8, 4) is 17.0 Å². The first-order chi connectivity index (χ1) is 8.06. The molecule has 0 radical (unpaired) electrons. The van der Waals surface area contributed by atoms with Gasteiger partial charge in [-0.2, -0.15) is 0 Å². The third-order valence-corrected chi connectivity index (χ3v) is 2.50. The quantitative estimate of drug-likeness (QED) is 0.883. The van der Waals surface area contributed by atoms with Crippen molar-refractivity contribution in [1.82, 2.24) is 10.2 Å². The first kappa shape index (κ1) is 11.8. The molecule has 4 nitrogen and oxygen atoms in total. The van der Waals surface area contributed by atoms with Gasteiger partial charge in [-0.05, 0) is 32.0 Å². The van der Waals surface area contributed by atoms with Crippen LogP contribution in [0.5, 0.6) is 5.75 Å². The summed E-state index contributed by atoms with van der Waals surface area (Å²) in [7, 11) is 0. The topological polar surface area (TPSA) is 57.9 Å². The van der Waals surface area contributed by atoms with Crippen molar-refractivity contribution in [2.24, 2.45) is 0 Å². The van der Waals surface area contributed by atoms with E-state index in [0.717, 1.165) is 5.56 Å². The Kier molecular flexibility index (Phi) is 3.24. The highest BCUT2D eigenvalue weighted by molar-refractivity contribution is 6.32. The summed E-state index contributed by atoms with van der Waals surface area (Å²) in [5.74, 6) is 0.642. The zero-order chi connectivity index (χ0) is 12.4. The second-order valence-corrected chi connectivity index (χ2v) is 4.39. The van der Waals surface area contributed by atoms with Crippen LogP contribution in [0.1, 0.15) is 13.8 Å². The van der Waals surface area contributed by atoms with Crippen LogP contribution in [-0.4, -0.2) is 16.3 Å². The van der Waals surface area contributed by atoms with Crippen molar-refractivity contribution in [3.63, 3.8) is 0 Å². The van der Waals surface area contributed by atoms with E-state index in [2.05, 4.69) is 10.2 Å². The van der Waals surface area contributed by atoms with Crippen molar-refractivity contribution < 1.29 is 4.74 Å². The van der Waals surface area contributed by atoms with Crippen molar-refractivity contribution in [3.05, 3.63) is 39.6 Å². The summed E-state index contributed by atoms with van der Waals surface area (Å²) in [6.45, 7) is 3.88. The Balaban J connectivity index is 2.33. The molecule has 1 aromatic carbocycles. The lowest BCUT2D eigenvalue weighted by atomic mass is 10.1. The molecule has 0 spiro atoms. The van der Waals surface area contributed by atoms with Gasteiger partial charge >= 0.3 is 0 Å². The minimum Gasteiger partial charge on any atom is -0.489 e. The lowest BCUT2D eigenvalue weighted by molar-refractivity contribution is 0.242. The standard InChI is InChI=1S/C12H13ClN2O2/c1-7(2)17-11-4-3-8(5-9(11)13)10-6-12(16)15-14-10/h3-7H,1-2H3,(H2,14,15,16). The molecule has 0 atom stereocenters. The van der Waals surface area contributed by atoms with Gasteiger partial charge in [0.05, 0.1) is 16.8 Å². The number of ether oxygens (including phenoxy) is 1. The van der Waals surface area contributed by atoms with Crippen LogP contribution in [0.4, 0.5) is 0 Å². The highest BCUT2D eigenvalue weighted by atomic mass is 35.5. The van der Waals surface area contributed by atoms with E-state index in [4.69, 9.17) is 16.3 Å². The lowest BCUT2D eigenvalue weighted by Crippen LogP contribution is -2.05. The van der Waals surface area contributed by atoms with Gasteiger partial charge in [0.1, 0.15) is 5.75 Å². The monoisotopic (exact) mass is 252 g/mol. The molecule has 0 aliphatic rings. The largest absolute Gasteiger partial charge is 0.489 e. The molecule has 0 bridgehead atoms. The lowest BCUT2D eigenvalue weighted by Gasteiger charge is -2.11. The summed E-state index contributed by atoms with van der Waals surface area (Å²) in [6, 6.07) is 6.89. The van der Waals surface area contributed by atoms with Crippen molar-refractivity contribution in [2.45, 2.75) is 20.0 Å². The second-order valence-electron chi connectivity index (χ2n) is 3.98. The molecule has 5 heteroatoms. The highest BCUT2D eigenvalue weighted by Crippen LogP contribution is 2.29. The molecule has 17 heavy (non-hydrogen) atoms. The highest BCUT2D eigenvalue weighted by Gasteiger charge is 2.07. The number of H-pyrrole nitrogens is 2. The summed E-state index contributed by atoms with van der Waals surface area (Å²) in [5, 5.41) is 5.78. The molecule has 90 valence electrons. The van der Waals surface area contributed by atoms with E-state index >= 15 is 0 Å². The van der Waals surface area contributed by atoms with Gasteiger partial charge < -0.3 is 4.74 Å². The Labute approximate surface area is 104 Å². The Bertz CT molecular complexity index is 572. The Hall–Kier alpha value is -1.68. The van der Waals surface area contributed by atoms with Crippen LogP contribution in [0.3, 0.4) is 0 Å². The summed E-state index contributed by atoms with van der Waals surface area (Å²) >= 11 is 6.10. The smallest absolute Gasteiger partial charge is 0.264 e. The predicted octanol–water partition coefficient (Wildman–Crippen LogP) is 2.81. The van der Waals surface area contributed by atoms with E-state index in [1.165, 1.54) is 6.07 Å². The average Bonchev–Trinajstić information content (AvgIpc) is 2.67. The van der Waals surface area contributed by atoms with Crippen LogP contribution < -0.4 is 10.3 Å². The number of hydrogen-bond acceptors (Lipinski definition) is 2. The maximum absolute atomic E-state index is 11.0. The summed E-state index contributed by atoms with van der Waals surface area (Å²) in [5.41, 5.74) is 1.37. The molecule has 2 aromatic rings. The zero-order valence-corrected chi connectivity index (χ0v) is 10.3. The first-order valence-corrected chi connectivity index (χ1v) is 5.68. The average molecular weight is 253 g/mol. The van der Waals surface area contributed by atoms with Crippen LogP contribution in [0.2, 0.25) is 5.02 Å². The maximum Gasteiger partial charge on any atom is 0.264 e. The van der Waals surface area contributed by atoms with Crippen LogP contribution in [0.15, 0.2) is 29.1 Å². The number of rotatable bonds is 3. The molecule has 0 saturated heterocycles. The molecule has 0 aliphatic heterocycles. The molecular formula is C12H13ClN2O2. The fourth-order valence-electron chi connectivity index (χ4n) is 1.51. The fourth-order valence-corrected chi connectivity index (χ4v) is 1.73. The van der Waals surface area contributed by atoms with Gasteiger partial charge in [0.15, 0.2) is 0 Å². The predicted molar refractivity (Wildman–Crippen MR) is 67.6 cm³/mol. The molecule has 1 heterocycles. The number of aromatic amines is 2. The normalized spacial score (nSPS) is 10.8. The molecule has 0 amide bonds. The summed E-state index contributed by atoms with van der Waals surface area (Å²) in [4.78, 5) is 11.0. The van der Waals surface area contributed by atoms with E-state index in [1.807, 2.05) is 19.9 Å². The number of halogens is 1. The zero-order valence-electron chi connectivity index (χ0n) is 9.58. The van der Waals surface area contributed by atoms with E-state index in [-0.39, 0.29) is 11.7 Å². The van der Waals surface area contributed by atoms with E-state index in [1.54, 1.807) is 12.1 Å². The van der Waals surface area contributed by atoms with Crippen LogP contribution in [0.25, 0.3) is 11.3 Å². The summed E-state index contributed by atoms with van der Waals surface area (Å²) in [6.07, 6.45) is 0.0745. The minimum atomic E-state index is -0.168. The van der Waals surface area contributed by atoms with Crippen molar-refractivity contribution in [1.29, 1.82) is 0 Å². The van der Waals surface area contributed by atoms with Gasteiger partial charge in [-0.3, -0.25) is 15.0 Å². The van der Waals surface area contributed by atoms with Crippen molar-refractivity contribution in [2.75, 3.05) is 0 Å². The van der Waals surface area contributed by atoms with Crippen molar-refractivity contribution >= 4 is 11.6 Å². The van der Waals surface area contributed by atoms with Gasteiger partial charge in [0, 0.05) is 11.6 Å². The maximum atomic E-state index is 11.0. The SMILES string of the molecule is CC(C)Oc1ccc(-c2cc(=O)[nH][nH]2)cc1Cl. The van der Waals surface area contributed by atoms with E-state index in [0.29, 0.717) is 16.5 Å². The Morgan fingerprint density at radius 1 is 1.24 bits per heavy atom. The molecular weight excluding hydrogens is 240 g/mol. The molecule has 0 saturated carbocycles. The minimum absolute atomic E-state index is 0.0745. The van der Waals surface area contributed by atoms with Crippen LogP contribution in [0, 0.1) is 0 Å². The van der Waals surface area contributed by atoms with Crippen LogP contribution >= 0.6 is 11.6 Å². The van der Waals surface area contributed by atoms with Gasteiger partial charge in [0.25, 0.3) is 5.56 Å². The molecule has 1 aromatic heterocycles. The van der Waals surface area contributed by atoms with Crippen LogP contribution in [-0.2, 0) is 0 Å². The first-order valence-electron chi connectivity index (χ1n) is 5.30. The number of nitrogens with one attached hydrogen (secondary N) is 2. The Morgan fingerprint density at radius 3 is 2.53 bits per heavy atom. The molecule has 2 N–H and O–H groups in total. The second kappa shape index (κ2) is 4.67. The van der Waals surface area contributed by atoms with Gasteiger partial charge in [0.2, 0.25) is 0 Å². The third kappa shape index (κ3) is 2.71. The molecule has 0 aliphatic carbocycles. The number of hydrogen-bond donors (Lipinski definition) is 2. The molecule has 0 fully saturated rings.